The molecule has 0 amide bonds. The zero-order valence-electron chi connectivity index (χ0n) is 12.4. The molecule has 0 aromatic heterocycles. The molecule has 0 spiro atoms. The Kier molecular flexibility index (Phi) is 5.48. The van der Waals surface area contributed by atoms with Crippen molar-refractivity contribution in [2.75, 3.05) is 19.1 Å². The fraction of sp³-hybridized carbons (Fsp3) is 0.188. The summed E-state index contributed by atoms with van der Waals surface area (Å²) >= 11 is 0. The van der Waals surface area contributed by atoms with Crippen molar-refractivity contribution < 1.29 is 14.3 Å². The summed E-state index contributed by atoms with van der Waals surface area (Å²) in [5.74, 6) is 0.430. The largest absolute Gasteiger partial charge is 0.494 e. The summed E-state index contributed by atoms with van der Waals surface area (Å²) < 4.78 is 9.98. The van der Waals surface area contributed by atoms with Gasteiger partial charge in [0.25, 0.3) is 0 Å². The van der Waals surface area contributed by atoms with Crippen molar-refractivity contribution in [2.24, 2.45) is 10.3 Å². The first-order valence-corrected chi connectivity index (χ1v) is 6.81. The van der Waals surface area contributed by atoms with E-state index in [1.807, 2.05) is 31.2 Å². The Hall–Kier alpha value is -2.89. The van der Waals surface area contributed by atoms with Gasteiger partial charge in [0.05, 0.1) is 30.7 Å². The Morgan fingerprint density at radius 3 is 2.36 bits per heavy atom. The minimum absolute atomic E-state index is 0.379. The average molecular weight is 299 g/mol. The van der Waals surface area contributed by atoms with Crippen molar-refractivity contribution in [1.82, 2.24) is 0 Å². The summed E-state index contributed by atoms with van der Waals surface area (Å²) in [6.45, 7) is 2.57. The van der Waals surface area contributed by atoms with Crippen LogP contribution >= 0.6 is 0 Å². The van der Waals surface area contributed by atoms with E-state index in [2.05, 4.69) is 20.5 Å². The smallest absolute Gasteiger partial charge is 0.337 e. The van der Waals surface area contributed by atoms with E-state index in [9.17, 15) is 4.79 Å². The van der Waals surface area contributed by atoms with Gasteiger partial charge in [-0.1, -0.05) is 5.22 Å². The van der Waals surface area contributed by atoms with E-state index in [1.165, 1.54) is 7.11 Å². The predicted octanol–water partition coefficient (Wildman–Crippen LogP) is 3.98. The van der Waals surface area contributed by atoms with Gasteiger partial charge in [-0.2, -0.15) is 0 Å². The van der Waals surface area contributed by atoms with Gasteiger partial charge >= 0.3 is 5.97 Å². The molecule has 1 N–H and O–H groups in total. The number of ether oxygens (including phenoxy) is 2. The number of nitrogens with zero attached hydrogens (tertiary/aromatic N) is 2. The highest BCUT2D eigenvalue weighted by atomic mass is 16.5. The number of anilines is 1. The van der Waals surface area contributed by atoms with E-state index in [4.69, 9.17) is 4.74 Å². The van der Waals surface area contributed by atoms with Crippen LogP contribution in [0.2, 0.25) is 0 Å². The predicted molar refractivity (Wildman–Crippen MR) is 83.5 cm³/mol. The molecule has 0 saturated heterocycles. The molecule has 6 heteroatoms. The van der Waals surface area contributed by atoms with E-state index in [1.54, 1.807) is 24.3 Å². The van der Waals surface area contributed by atoms with Crippen LogP contribution in [0, 0.1) is 0 Å². The molecule has 0 aliphatic carbocycles. The van der Waals surface area contributed by atoms with Gasteiger partial charge in [0, 0.05) is 0 Å². The number of nitrogens with one attached hydrogen (secondary N) is 1. The standard InChI is InChI=1S/C16H17N3O3/c1-3-22-15-10-8-14(9-11-15)18-19-17-13-6-4-12(5-7-13)16(20)21-2/h4-11H,3H2,1-2H3,(H,17,18). The molecule has 0 heterocycles. The monoisotopic (exact) mass is 299 g/mol. The molecule has 6 nitrogen and oxygen atoms in total. The third-order valence-corrected chi connectivity index (χ3v) is 2.80. The van der Waals surface area contributed by atoms with Gasteiger partial charge in [-0.15, -0.1) is 5.11 Å². The Morgan fingerprint density at radius 1 is 1.09 bits per heavy atom. The normalized spacial score (nSPS) is 10.5. The topological polar surface area (TPSA) is 72.3 Å². The minimum atomic E-state index is -0.379. The number of methoxy groups -OCH3 is 1. The zero-order valence-corrected chi connectivity index (χ0v) is 12.4. The molecule has 2 aromatic rings. The van der Waals surface area contributed by atoms with Crippen molar-refractivity contribution in [3.8, 4) is 5.75 Å². The van der Waals surface area contributed by atoms with E-state index >= 15 is 0 Å². The maximum Gasteiger partial charge on any atom is 0.337 e. The molecule has 0 saturated carbocycles. The van der Waals surface area contributed by atoms with Crippen LogP contribution in [0.25, 0.3) is 0 Å². The van der Waals surface area contributed by atoms with Gasteiger partial charge < -0.3 is 9.47 Å². The number of carbonyl (C=O) groups excluding carboxylic acids is 1. The summed E-state index contributed by atoms with van der Waals surface area (Å²) in [7, 11) is 1.34. The second-order valence-corrected chi connectivity index (χ2v) is 4.31. The van der Waals surface area contributed by atoms with Crippen LogP contribution in [0.3, 0.4) is 0 Å². The molecule has 22 heavy (non-hydrogen) atoms. The number of rotatable bonds is 6. The molecule has 2 aromatic carbocycles. The van der Waals surface area contributed by atoms with E-state index in [-0.39, 0.29) is 5.97 Å². The van der Waals surface area contributed by atoms with E-state index in [0.29, 0.717) is 17.9 Å². The van der Waals surface area contributed by atoms with Gasteiger partial charge in [-0.25, -0.2) is 4.79 Å². The Labute approximate surface area is 128 Å². The quantitative estimate of drug-likeness (QED) is 0.497. The summed E-state index contributed by atoms with van der Waals surface area (Å²) in [4.78, 5) is 11.3. The summed E-state index contributed by atoms with van der Waals surface area (Å²) in [6, 6.07) is 14.1. The van der Waals surface area contributed by atoms with Crippen molar-refractivity contribution in [1.29, 1.82) is 0 Å². The van der Waals surface area contributed by atoms with Crippen LogP contribution in [0.1, 0.15) is 17.3 Å². The third-order valence-electron chi connectivity index (χ3n) is 2.80. The number of hydrogen-bond donors (Lipinski definition) is 1. The average Bonchev–Trinajstić information content (AvgIpc) is 2.56. The molecule has 114 valence electrons. The molecule has 0 aliphatic heterocycles. The van der Waals surface area contributed by atoms with Crippen molar-refractivity contribution in [3.63, 3.8) is 0 Å². The lowest BCUT2D eigenvalue weighted by atomic mass is 10.2. The maximum absolute atomic E-state index is 11.3. The molecule has 0 fully saturated rings. The first-order valence-electron chi connectivity index (χ1n) is 6.81. The minimum Gasteiger partial charge on any atom is -0.494 e. The molecule has 0 radical (unpaired) electrons. The Bertz CT molecular complexity index is 637. The molecule has 0 atom stereocenters. The highest BCUT2D eigenvalue weighted by molar-refractivity contribution is 5.89. The number of carbonyl (C=O) groups is 1. The molecular weight excluding hydrogens is 282 g/mol. The van der Waals surface area contributed by atoms with Gasteiger partial charge in [0.2, 0.25) is 0 Å². The SMILES string of the molecule is CCOc1ccc(NN=Nc2ccc(C(=O)OC)cc2)cc1. The lowest BCUT2D eigenvalue weighted by Crippen LogP contribution is -1.99. The van der Waals surface area contributed by atoms with Crippen molar-refractivity contribution in [2.45, 2.75) is 6.92 Å². The Morgan fingerprint density at radius 2 is 1.77 bits per heavy atom. The summed E-state index contributed by atoms with van der Waals surface area (Å²) in [5, 5.41) is 7.92. The van der Waals surface area contributed by atoms with Crippen molar-refractivity contribution in [3.05, 3.63) is 54.1 Å². The molecule has 0 unspecified atom stereocenters. The third kappa shape index (κ3) is 4.31. The number of hydrogen-bond acceptors (Lipinski definition) is 5. The van der Waals surface area contributed by atoms with Gasteiger partial charge in [0.15, 0.2) is 0 Å². The fourth-order valence-corrected chi connectivity index (χ4v) is 1.71. The van der Waals surface area contributed by atoms with Crippen LogP contribution in [0.5, 0.6) is 5.75 Å². The zero-order chi connectivity index (χ0) is 15.8. The van der Waals surface area contributed by atoms with Crippen LogP contribution in [-0.4, -0.2) is 19.7 Å². The first-order chi connectivity index (χ1) is 10.7. The van der Waals surface area contributed by atoms with Crippen LogP contribution in [0.15, 0.2) is 58.9 Å². The summed E-state index contributed by atoms with van der Waals surface area (Å²) in [6.07, 6.45) is 0. The Balaban J connectivity index is 1.93. The first kappa shape index (κ1) is 15.5. The lowest BCUT2D eigenvalue weighted by Gasteiger charge is -2.03. The number of esters is 1. The summed E-state index contributed by atoms with van der Waals surface area (Å²) in [5.41, 5.74) is 4.73. The van der Waals surface area contributed by atoms with Crippen LogP contribution < -0.4 is 10.2 Å². The van der Waals surface area contributed by atoms with Crippen molar-refractivity contribution >= 4 is 17.3 Å². The second-order valence-electron chi connectivity index (χ2n) is 4.31. The molecule has 2 rings (SSSR count). The molecule has 0 aliphatic rings. The molecule has 0 bridgehead atoms. The highest BCUT2D eigenvalue weighted by Crippen LogP contribution is 2.17. The number of benzene rings is 2. The van der Waals surface area contributed by atoms with Crippen LogP contribution in [-0.2, 0) is 4.74 Å². The highest BCUT2D eigenvalue weighted by Gasteiger charge is 2.03. The van der Waals surface area contributed by atoms with E-state index in [0.717, 1.165) is 11.4 Å². The second kappa shape index (κ2) is 7.78. The van der Waals surface area contributed by atoms with Gasteiger partial charge in [0.1, 0.15) is 5.75 Å². The van der Waals surface area contributed by atoms with Gasteiger partial charge in [-0.05, 0) is 55.5 Å². The molecular formula is C16H17N3O3. The van der Waals surface area contributed by atoms with Gasteiger partial charge in [-0.3, -0.25) is 5.43 Å². The fourth-order valence-electron chi connectivity index (χ4n) is 1.71. The maximum atomic E-state index is 11.3. The van der Waals surface area contributed by atoms with E-state index < -0.39 is 0 Å². The van der Waals surface area contributed by atoms with Crippen LogP contribution in [0.4, 0.5) is 11.4 Å². The lowest BCUT2D eigenvalue weighted by molar-refractivity contribution is 0.0601.